The average molecular weight is 230 g/mol. The van der Waals surface area contributed by atoms with E-state index in [1.807, 2.05) is 0 Å². The Balaban J connectivity index is 2.44. The summed E-state index contributed by atoms with van der Waals surface area (Å²) < 4.78 is 0. The molecule has 0 bridgehead atoms. The molecular weight excluding hydrogens is 204 g/mol. The summed E-state index contributed by atoms with van der Waals surface area (Å²) in [5, 5.41) is 1.04. The van der Waals surface area contributed by atoms with Crippen LogP contribution in [0.25, 0.3) is 0 Å². The molecule has 0 heterocycles. The van der Waals surface area contributed by atoms with Crippen molar-refractivity contribution in [3.05, 3.63) is 0 Å². The fourth-order valence-corrected chi connectivity index (χ4v) is 10.1. The SMILES string of the molecule is CC[Si](CC)(CC)SC1CCCCC1. The Labute approximate surface area is 94.9 Å². The van der Waals surface area contributed by atoms with Gasteiger partial charge in [0.1, 0.15) is 7.22 Å². The normalized spacial score (nSPS) is 19.9. The van der Waals surface area contributed by atoms with Crippen LogP contribution >= 0.6 is 11.2 Å². The van der Waals surface area contributed by atoms with E-state index in [0.29, 0.717) is 0 Å². The van der Waals surface area contributed by atoms with Crippen LogP contribution < -0.4 is 0 Å². The summed E-state index contributed by atoms with van der Waals surface area (Å²) in [4.78, 5) is 0. The minimum absolute atomic E-state index is 0.888. The highest BCUT2D eigenvalue weighted by Gasteiger charge is 2.31. The van der Waals surface area contributed by atoms with Crippen LogP contribution in [0.15, 0.2) is 0 Å². The first-order valence-electron chi connectivity index (χ1n) is 6.44. The molecule has 0 aromatic rings. The zero-order valence-corrected chi connectivity index (χ0v) is 12.0. The summed E-state index contributed by atoms with van der Waals surface area (Å²) in [7, 11) is -0.888. The standard InChI is InChI=1S/C12H26SSi/c1-4-14(5-2,6-3)13-12-10-8-7-9-11-12/h12H,4-11H2,1-3H3. The number of hydrogen-bond donors (Lipinski definition) is 0. The Hall–Kier alpha value is 0.567. The molecule has 1 fully saturated rings. The second-order valence-electron chi connectivity index (χ2n) is 4.62. The van der Waals surface area contributed by atoms with Crippen molar-refractivity contribution in [2.24, 2.45) is 0 Å². The highest BCUT2D eigenvalue weighted by Crippen LogP contribution is 2.40. The van der Waals surface area contributed by atoms with Crippen LogP contribution in [0.3, 0.4) is 0 Å². The van der Waals surface area contributed by atoms with E-state index in [0.717, 1.165) is 5.25 Å². The van der Waals surface area contributed by atoms with Crippen molar-refractivity contribution in [2.75, 3.05) is 0 Å². The molecule has 1 aliphatic carbocycles. The summed E-state index contributed by atoms with van der Waals surface area (Å²) in [6, 6.07) is 4.46. The van der Waals surface area contributed by atoms with Gasteiger partial charge in [0.2, 0.25) is 0 Å². The van der Waals surface area contributed by atoms with Crippen molar-refractivity contribution in [1.82, 2.24) is 0 Å². The second kappa shape index (κ2) is 6.22. The van der Waals surface area contributed by atoms with Crippen LogP contribution in [-0.4, -0.2) is 12.5 Å². The van der Waals surface area contributed by atoms with Gasteiger partial charge in [0.05, 0.1) is 0 Å². The fraction of sp³-hybridized carbons (Fsp3) is 1.00. The van der Waals surface area contributed by atoms with E-state index in [2.05, 4.69) is 32.0 Å². The molecular formula is C12H26SSi. The molecule has 0 unspecified atom stereocenters. The lowest BCUT2D eigenvalue weighted by molar-refractivity contribution is 0.517. The fourth-order valence-electron chi connectivity index (χ4n) is 2.54. The third-order valence-corrected chi connectivity index (χ3v) is 14.2. The van der Waals surface area contributed by atoms with E-state index < -0.39 is 7.22 Å². The largest absolute Gasteiger partial charge is 0.182 e. The molecule has 0 saturated heterocycles. The van der Waals surface area contributed by atoms with Crippen molar-refractivity contribution in [2.45, 2.75) is 76.3 Å². The minimum atomic E-state index is -0.888. The van der Waals surface area contributed by atoms with Crippen molar-refractivity contribution >= 4 is 18.4 Å². The first-order valence-corrected chi connectivity index (χ1v) is 10.7. The molecule has 1 aliphatic rings. The third-order valence-electron chi connectivity index (χ3n) is 3.90. The topological polar surface area (TPSA) is 0 Å². The Morgan fingerprint density at radius 1 is 0.929 bits per heavy atom. The lowest BCUT2D eigenvalue weighted by atomic mass is 10.0. The minimum Gasteiger partial charge on any atom is -0.182 e. The molecule has 14 heavy (non-hydrogen) atoms. The lowest BCUT2D eigenvalue weighted by Gasteiger charge is -2.33. The van der Waals surface area contributed by atoms with Crippen molar-refractivity contribution in [3.63, 3.8) is 0 Å². The molecule has 0 radical (unpaired) electrons. The van der Waals surface area contributed by atoms with Crippen molar-refractivity contribution in [1.29, 1.82) is 0 Å². The van der Waals surface area contributed by atoms with E-state index in [1.165, 1.54) is 50.2 Å². The van der Waals surface area contributed by atoms with E-state index in [-0.39, 0.29) is 0 Å². The molecule has 1 saturated carbocycles. The van der Waals surface area contributed by atoms with Gasteiger partial charge >= 0.3 is 0 Å². The van der Waals surface area contributed by atoms with E-state index in [1.54, 1.807) is 0 Å². The van der Waals surface area contributed by atoms with Crippen molar-refractivity contribution < 1.29 is 0 Å². The van der Waals surface area contributed by atoms with Crippen LogP contribution in [0.4, 0.5) is 0 Å². The number of hydrogen-bond acceptors (Lipinski definition) is 1. The molecule has 0 aromatic carbocycles. The van der Waals surface area contributed by atoms with Gasteiger partial charge in [-0.25, -0.2) is 0 Å². The molecule has 1 rings (SSSR count). The zero-order valence-electron chi connectivity index (χ0n) is 10.1. The van der Waals surface area contributed by atoms with Gasteiger partial charge in [-0.3, -0.25) is 0 Å². The van der Waals surface area contributed by atoms with Gasteiger partial charge in [-0.15, -0.1) is 0 Å². The first kappa shape index (κ1) is 12.6. The predicted molar refractivity (Wildman–Crippen MR) is 71.7 cm³/mol. The van der Waals surface area contributed by atoms with Crippen LogP contribution in [0.1, 0.15) is 52.9 Å². The number of rotatable bonds is 5. The Morgan fingerprint density at radius 3 is 1.86 bits per heavy atom. The first-order chi connectivity index (χ1) is 6.76. The molecule has 0 atom stereocenters. The second-order valence-corrected chi connectivity index (χ2v) is 13.3. The monoisotopic (exact) mass is 230 g/mol. The van der Waals surface area contributed by atoms with Crippen molar-refractivity contribution in [3.8, 4) is 0 Å². The zero-order chi connectivity index (χ0) is 10.4. The molecule has 2 heteroatoms. The van der Waals surface area contributed by atoms with Gasteiger partial charge in [-0.1, -0.05) is 58.2 Å². The van der Waals surface area contributed by atoms with Gasteiger partial charge in [0.25, 0.3) is 0 Å². The van der Waals surface area contributed by atoms with Gasteiger partial charge in [-0.2, -0.15) is 11.2 Å². The van der Waals surface area contributed by atoms with Gasteiger partial charge in [-0.05, 0) is 18.1 Å². The summed E-state index contributed by atoms with van der Waals surface area (Å²) >= 11 is 2.45. The Bertz CT molecular complexity index is 140. The summed E-state index contributed by atoms with van der Waals surface area (Å²) in [5.41, 5.74) is 0. The van der Waals surface area contributed by atoms with Crippen LogP contribution in [0.2, 0.25) is 18.1 Å². The highest BCUT2D eigenvalue weighted by molar-refractivity contribution is 8.29. The van der Waals surface area contributed by atoms with Gasteiger partial charge in [0, 0.05) is 0 Å². The molecule has 84 valence electrons. The average Bonchev–Trinajstić information content (AvgIpc) is 2.28. The summed E-state index contributed by atoms with van der Waals surface area (Å²) in [5.74, 6) is 0. The van der Waals surface area contributed by atoms with Gasteiger partial charge < -0.3 is 0 Å². The summed E-state index contributed by atoms with van der Waals surface area (Å²) in [6.45, 7) is 7.28. The maximum atomic E-state index is 2.45. The third kappa shape index (κ3) is 3.30. The maximum Gasteiger partial charge on any atom is 0.116 e. The lowest BCUT2D eigenvalue weighted by Crippen LogP contribution is -2.31. The van der Waals surface area contributed by atoms with E-state index in [9.17, 15) is 0 Å². The summed E-state index contributed by atoms with van der Waals surface area (Å²) in [6.07, 6.45) is 7.52. The quantitative estimate of drug-likeness (QED) is 0.595. The molecule has 0 amide bonds. The maximum absolute atomic E-state index is 2.45. The van der Waals surface area contributed by atoms with E-state index >= 15 is 0 Å². The van der Waals surface area contributed by atoms with Crippen LogP contribution in [0.5, 0.6) is 0 Å². The highest BCUT2D eigenvalue weighted by atomic mass is 32.4. The Kier molecular flexibility index (Phi) is 5.61. The molecule has 0 nitrogen and oxygen atoms in total. The molecule has 0 aliphatic heterocycles. The van der Waals surface area contributed by atoms with Crippen LogP contribution in [0, 0.1) is 0 Å². The molecule has 0 aromatic heterocycles. The molecule has 0 N–H and O–H groups in total. The smallest absolute Gasteiger partial charge is 0.116 e. The van der Waals surface area contributed by atoms with Crippen LogP contribution in [-0.2, 0) is 0 Å². The van der Waals surface area contributed by atoms with Gasteiger partial charge in [0.15, 0.2) is 0 Å². The molecule has 0 spiro atoms. The van der Waals surface area contributed by atoms with E-state index in [4.69, 9.17) is 0 Å². The Morgan fingerprint density at radius 2 is 1.43 bits per heavy atom. The predicted octanol–water partition coefficient (Wildman–Crippen LogP) is 5.06.